The fourth-order valence-corrected chi connectivity index (χ4v) is 4.58. The van der Waals surface area contributed by atoms with E-state index in [0.717, 1.165) is 46.8 Å². The van der Waals surface area contributed by atoms with Crippen molar-refractivity contribution in [1.82, 2.24) is 10.3 Å². The molecule has 1 aliphatic rings. The number of ether oxygens (including phenoxy) is 4. The molecule has 2 N–H and O–H groups in total. The Hall–Kier alpha value is -3.64. The van der Waals surface area contributed by atoms with E-state index >= 15 is 0 Å². The molecule has 5 rings (SSSR count). The maximum atomic E-state index is 6.08. The van der Waals surface area contributed by atoms with Gasteiger partial charge in [0.1, 0.15) is 18.1 Å². The van der Waals surface area contributed by atoms with E-state index in [1.165, 1.54) is 10.9 Å². The SMILES string of the molecule is COc1cc(OC)c(C2NCCc3c2[nH]c2ccc(OCc4ccccc4)cc32)cc1OC. The fourth-order valence-electron chi connectivity index (χ4n) is 4.58. The van der Waals surface area contributed by atoms with E-state index in [1.54, 1.807) is 21.3 Å². The molecule has 4 aromatic rings. The second-order valence-electron chi connectivity index (χ2n) is 8.09. The minimum absolute atomic E-state index is 0.0513. The minimum Gasteiger partial charge on any atom is -0.496 e. The molecule has 1 aliphatic heterocycles. The fraction of sp³-hybridized carbons (Fsp3) is 0.259. The summed E-state index contributed by atoms with van der Waals surface area (Å²) in [5.41, 5.74) is 5.69. The summed E-state index contributed by atoms with van der Waals surface area (Å²) >= 11 is 0. The van der Waals surface area contributed by atoms with E-state index in [2.05, 4.69) is 34.6 Å². The number of nitrogens with one attached hydrogen (secondary N) is 2. The summed E-state index contributed by atoms with van der Waals surface area (Å²) in [6.07, 6.45) is 0.934. The van der Waals surface area contributed by atoms with E-state index in [1.807, 2.05) is 36.4 Å². The predicted molar refractivity (Wildman–Crippen MR) is 129 cm³/mol. The Morgan fingerprint density at radius 1 is 0.848 bits per heavy atom. The standard InChI is InChI=1S/C27H28N2O4/c1-30-23-15-25(32-3)24(31-2)14-21(23)26-27-19(11-12-28-26)20-13-18(9-10-22(20)29-27)33-16-17-7-5-4-6-8-17/h4-10,13-15,26,28-29H,11-12,16H2,1-3H3. The van der Waals surface area contributed by atoms with Crippen LogP contribution in [0.2, 0.25) is 0 Å². The summed E-state index contributed by atoms with van der Waals surface area (Å²) in [5, 5.41) is 4.83. The number of H-pyrrole nitrogens is 1. The molecule has 1 unspecified atom stereocenters. The van der Waals surface area contributed by atoms with Crippen LogP contribution in [-0.4, -0.2) is 32.9 Å². The molecule has 0 aliphatic carbocycles. The van der Waals surface area contributed by atoms with Crippen molar-refractivity contribution in [3.05, 3.63) is 83.0 Å². The number of benzene rings is 3. The first kappa shape index (κ1) is 21.2. The Labute approximate surface area is 193 Å². The van der Waals surface area contributed by atoms with Gasteiger partial charge in [-0.15, -0.1) is 0 Å². The third-order valence-corrected chi connectivity index (χ3v) is 6.22. The van der Waals surface area contributed by atoms with Crippen LogP contribution in [0.3, 0.4) is 0 Å². The van der Waals surface area contributed by atoms with Gasteiger partial charge >= 0.3 is 0 Å². The molecule has 0 bridgehead atoms. The number of hydrogen-bond donors (Lipinski definition) is 2. The molecule has 2 heterocycles. The van der Waals surface area contributed by atoms with Gasteiger partial charge in [0.25, 0.3) is 0 Å². The number of hydrogen-bond acceptors (Lipinski definition) is 5. The summed E-state index contributed by atoms with van der Waals surface area (Å²) < 4.78 is 22.8. The van der Waals surface area contributed by atoms with E-state index in [4.69, 9.17) is 18.9 Å². The lowest BCUT2D eigenvalue weighted by Crippen LogP contribution is -2.30. The average Bonchev–Trinajstić information content (AvgIpc) is 3.25. The number of fused-ring (bicyclic) bond motifs is 3. The van der Waals surface area contributed by atoms with Gasteiger partial charge in [0.2, 0.25) is 0 Å². The van der Waals surface area contributed by atoms with Gasteiger partial charge < -0.3 is 29.2 Å². The molecule has 33 heavy (non-hydrogen) atoms. The van der Waals surface area contributed by atoms with Crippen molar-refractivity contribution in [2.24, 2.45) is 0 Å². The number of aromatic nitrogens is 1. The van der Waals surface area contributed by atoms with Gasteiger partial charge in [0.05, 0.1) is 27.4 Å². The van der Waals surface area contributed by atoms with Crippen molar-refractivity contribution >= 4 is 10.9 Å². The maximum Gasteiger partial charge on any atom is 0.164 e. The van der Waals surface area contributed by atoms with E-state index in [-0.39, 0.29) is 6.04 Å². The van der Waals surface area contributed by atoms with Gasteiger partial charge in [-0.1, -0.05) is 30.3 Å². The Morgan fingerprint density at radius 2 is 1.61 bits per heavy atom. The smallest absolute Gasteiger partial charge is 0.164 e. The van der Waals surface area contributed by atoms with Crippen molar-refractivity contribution in [3.63, 3.8) is 0 Å². The molecule has 0 fully saturated rings. The van der Waals surface area contributed by atoms with Crippen LogP contribution in [-0.2, 0) is 13.0 Å². The normalized spacial score (nSPS) is 15.2. The molecule has 0 radical (unpaired) electrons. The zero-order valence-electron chi connectivity index (χ0n) is 19.1. The third kappa shape index (κ3) is 3.98. The first-order chi connectivity index (χ1) is 16.2. The van der Waals surface area contributed by atoms with Gasteiger partial charge in [-0.2, -0.15) is 0 Å². The van der Waals surface area contributed by atoms with E-state index in [9.17, 15) is 0 Å². The molecule has 3 aromatic carbocycles. The zero-order valence-corrected chi connectivity index (χ0v) is 19.1. The number of methoxy groups -OCH3 is 3. The number of rotatable bonds is 7. The monoisotopic (exact) mass is 444 g/mol. The molecule has 6 nitrogen and oxygen atoms in total. The highest BCUT2D eigenvalue weighted by atomic mass is 16.5. The van der Waals surface area contributed by atoms with Crippen molar-refractivity contribution in [2.45, 2.75) is 19.1 Å². The average molecular weight is 445 g/mol. The second-order valence-corrected chi connectivity index (χ2v) is 8.09. The summed E-state index contributed by atoms with van der Waals surface area (Å²) in [7, 11) is 4.95. The van der Waals surface area contributed by atoms with Crippen molar-refractivity contribution < 1.29 is 18.9 Å². The molecule has 1 aromatic heterocycles. The molecule has 0 saturated heterocycles. The highest BCUT2D eigenvalue weighted by molar-refractivity contribution is 5.87. The van der Waals surface area contributed by atoms with Gasteiger partial charge in [0, 0.05) is 34.8 Å². The summed E-state index contributed by atoms with van der Waals surface area (Å²) in [6.45, 7) is 1.41. The topological polar surface area (TPSA) is 64.7 Å². The van der Waals surface area contributed by atoms with Gasteiger partial charge in [-0.05, 0) is 41.8 Å². The van der Waals surface area contributed by atoms with E-state index < -0.39 is 0 Å². The molecule has 1 atom stereocenters. The van der Waals surface area contributed by atoms with Crippen molar-refractivity contribution in [2.75, 3.05) is 27.9 Å². The maximum absolute atomic E-state index is 6.08. The zero-order chi connectivity index (χ0) is 22.8. The van der Waals surface area contributed by atoms with Crippen LogP contribution < -0.4 is 24.3 Å². The lowest BCUT2D eigenvalue weighted by molar-refractivity contribution is 0.306. The second kappa shape index (κ2) is 9.08. The quantitative estimate of drug-likeness (QED) is 0.420. The van der Waals surface area contributed by atoms with Gasteiger partial charge in [-0.25, -0.2) is 0 Å². The largest absolute Gasteiger partial charge is 0.496 e. The molecule has 170 valence electrons. The van der Waals surface area contributed by atoms with Crippen molar-refractivity contribution in [3.8, 4) is 23.0 Å². The Balaban J connectivity index is 1.51. The van der Waals surface area contributed by atoms with Crippen LogP contribution >= 0.6 is 0 Å². The predicted octanol–water partition coefficient (Wildman–Crippen LogP) is 5.01. The van der Waals surface area contributed by atoms with Crippen molar-refractivity contribution in [1.29, 1.82) is 0 Å². The molecular weight excluding hydrogens is 416 g/mol. The lowest BCUT2D eigenvalue weighted by atomic mass is 9.93. The molecule has 0 spiro atoms. The highest BCUT2D eigenvalue weighted by Gasteiger charge is 2.29. The Kier molecular flexibility index (Phi) is 5.84. The van der Waals surface area contributed by atoms with Crippen LogP contribution in [0, 0.1) is 0 Å². The first-order valence-electron chi connectivity index (χ1n) is 11.1. The molecular formula is C27H28N2O4. The first-order valence-corrected chi connectivity index (χ1v) is 11.1. The minimum atomic E-state index is -0.0513. The van der Waals surface area contributed by atoms with Crippen LogP contribution in [0.4, 0.5) is 0 Å². The van der Waals surface area contributed by atoms with Crippen LogP contribution in [0.1, 0.15) is 28.4 Å². The lowest BCUT2D eigenvalue weighted by Gasteiger charge is -2.27. The Bertz CT molecular complexity index is 1270. The highest BCUT2D eigenvalue weighted by Crippen LogP contribution is 2.42. The van der Waals surface area contributed by atoms with E-state index in [0.29, 0.717) is 18.1 Å². The van der Waals surface area contributed by atoms with Gasteiger partial charge in [0.15, 0.2) is 11.5 Å². The summed E-state index contributed by atoms with van der Waals surface area (Å²) in [5.74, 6) is 2.94. The van der Waals surface area contributed by atoms with Crippen LogP contribution in [0.15, 0.2) is 60.7 Å². The number of aromatic amines is 1. The molecule has 0 saturated carbocycles. The Morgan fingerprint density at radius 3 is 2.36 bits per heavy atom. The van der Waals surface area contributed by atoms with Crippen LogP contribution in [0.5, 0.6) is 23.0 Å². The third-order valence-electron chi connectivity index (χ3n) is 6.22. The molecule has 6 heteroatoms. The van der Waals surface area contributed by atoms with Crippen LogP contribution in [0.25, 0.3) is 10.9 Å². The molecule has 0 amide bonds. The summed E-state index contributed by atoms with van der Waals surface area (Å²) in [4.78, 5) is 3.64. The van der Waals surface area contributed by atoms with Gasteiger partial charge in [-0.3, -0.25) is 0 Å². The summed E-state index contributed by atoms with van der Waals surface area (Å²) in [6, 6.07) is 20.3.